The molecule has 1 rings (SSSR count). The van der Waals surface area contributed by atoms with Crippen LogP contribution in [0.5, 0.6) is 0 Å². The van der Waals surface area contributed by atoms with Crippen molar-refractivity contribution >= 4 is 5.97 Å². The maximum absolute atomic E-state index is 10.5. The van der Waals surface area contributed by atoms with Crippen LogP contribution in [0.2, 0.25) is 0 Å². The van der Waals surface area contributed by atoms with Crippen molar-refractivity contribution in [3.05, 3.63) is 12.2 Å². The van der Waals surface area contributed by atoms with Crippen LogP contribution in [0.4, 0.5) is 0 Å². The van der Waals surface area contributed by atoms with Crippen LogP contribution in [0.1, 0.15) is 19.8 Å². The topological polar surface area (TPSA) is 55.8 Å². The molecule has 0 aromatic rings. The Balaban J connectivity index is 2.13. The van der Waals surface area contributed by atoms with Crippen LogP contribution < -0.4 is 0 Å². The van der Waals surface area contributed by atoms with Crippen LogP contribution in [0, 0.1) is 0 Å². The first-order chi connectivity index (χ1) is 6.74. The van der Waals surface area contributed by atoms with Crippen LogP contribution in [0.3, 0.4) is 0 Å². The first-order valence-electron chi connectivity index (χ1n) is 4.81. The number of hydrogen-bond donors (Lipinski definition) is 1. The van der Waals surface area contributed by atoms with E-state index in [0.717, 1.165) is 6.42 Å². The van der Waals surface area contributed by atoms with Gasteiger partial charge >= 0.3 is 5.97 Å². The average molecular weight is 200 g/mol. The Bertz CT molecular complexity index is 212. The average Bonchev–Trinajstić information content (AvgIpc) is 2.61. The molecule has 14 heavy (non-hydrogen) atoms. The van der Waals surface area contributed by atoms with Crippen molar-refractivity contribution < 1.29 is 19.4 Å². The molecule has 1 aliphatic heterocycles. The first kappa shape index (κ1) is 11.2. The molecule has 0 aromatic heterocycles. The number of rotatable bonds is 5. The van der Waals surface area contributed by atoms with E-state index in [0.29, 0.717) is 19.6 Å². The van der Waals surface area contributed by atoms with E-state index in [1.165, 1.54) is 0 Å². The number of carboxylic acids is 1. The number of ether oxygens (including phenoxy) is 2. The molecular formula is C10H16O4. The summed E-state index contributed by atoms with van der Waals surface area (Å²) in [5.41, 5.74) is 0. The van der Waals surface area contributed by atoms with Crippen molar-refractivity contribution in [3.63, 3.8) is 0 Å². The molecule has 0 saturated carbocycles. The van der Waals surface area contributed by atoms with Gasteiger partial charge in [0.2, 0.25) is 0 Å². The van der Waals surface area contributed by atoms with Crippen LogP contribution in [0.15, 0.2) is 12.2 Å². The summed E-state index contributed by atoms with van der Waals surface area (Å²) < 4.78 is 10.5. The largest absolute Gasteiger partial charge is 0.479 e. The number of carbonyl (C=O) groups is 1. The zero-order valence-electron chi connectivity index (χ0n) is 8.31. The molecule has 4 nitrogen and oxygen atoms in total. The van der Waals surface area contributed by atoms with Gasteiger partial charge in [-0.05, 0) is 19.8 Å². The molecule has 0 aliphatic carbocycles. The highest BCUT2D eigenvalue weighted by atomic mass is 16.6. The molecule has 1 saturated heterocycles. The van der Waals surface area contributed by atoms with E-state index in [-0.39, 0.29) is 6.10 Å². The highest BCUT2D eigenvalue weighted by molar-refractivity contribution is 5.72. The van der Waals surface area contributed by atoms with Crippen LogP contribution in [-0.2, 0) is 14.3 Å². The van der Waals surface area contributed by atoms with Gasteiger partial charge in [0.05, 0.1) is 19.3 Å². The summed E-state index contributed by atoms with van der Waals surface area (Å²) in [5, 5.41) is 8.66. The Morgan fingerprint density at radius 2 is 2.43 bits per heavy atom. The maximum atomic E-state index is 10.5. The van der Waals surface area contributed by atoms with Crippen LogP contribution >= 0.6 is 0 Å². The van der Waals surface area contributed by atoms with E-state index in [2.05, 4.69) is 0 Å². The lowest BCUT2D eigenvalue weighted by Gasteiger charge is -2.10. The summed E-state index contributed by atoms with van der Waals surface area (Å²) in [4.78, 5) is 10.5. The van der Waals surface area contributed by atoms with Gasteiger partial charge in [0.25, 0.3) is 0 Å². The van der Waals surface area contributed by atoms with E-state index in [1.807, 2.05) is 19.1 Å². The van der Waals surface area contributed by atoms with Crippen molar-refractivity contribution in [1.82, 2.24) is 0 Å². The Labute approximate surface area is 83.5 Å². The lowest BCUT2D eigenvalue weighted by molar-refractivity contribution is -0.150. The molecular weight excluding hydrogens is 184 g/mol. The van der Waals surface area contributed by atoms with Gasteiger partial charge < -0.3 is 14.6 Å². The molecule has 80 valence electrons. The van der Waals surface area contributed by atoms with E-state index in [4.69, 9.17) is 14.6 Å². The first-order valence-corrected chi connectivity index (χ1v) is 4.81. The number of hydrogen-bond acceptors (Lipinski definition) is 3. The lowest BCUT2D eigenvalue weighted by Crippen LogP contribution is -2.22. The number of aliphatic carboxylic acids is 1. The fraction of sp³-hybridized carbons (Fsp3) is 0.700. The van der Waals surface area contributed by atoms with E-state index in [1.54, 1.807) is 0 Å². The molecule has 0 radical (unpaired) electrons. The minimum absolute atomic E-state index is 0.0543. The van der Waals surface area contributed by atoms with Crippen molar-refractivity contribution in [2.45, 2.75) is 32.0 Å². The molecule has 2 unspecified atom stereocenters. The summed E-state index contributed by atoms with van der Waals surface area (Å²) in [6, 6.07) is 0. The van der Waals surface area contributed by atoms with Crippen molar-refractivity contribution in [1.29, 1.82) is 0 Å². The second-order valence-electron chi connectivity index (χ2n) is 3.27. The fourth-order valence-corrected chi connectivity index (χ4v) is 1.37. The normalized spacial score (nSPS) is 27.2. The van der Waals surface area contributed by atoms with Gasteiger partial charge in [-0.15, -0.1) is 0 Å². The molecule has 1 heterocycles. The molecule has 0 spiro atoms. The third kappa shape index (κ3) is 3.47. The molecule has 0 bridgehead atoms. The Morgan fingerprint density at radius 1 is 1.64 bits per heavy atom. The van der Waals surface area contributed by atoms with E-state index < -0.39 is 12.1 Å². The summed E-state index contributed by atoms with van der Waals surface area (Å²) in [5.74, 6) is -0.874. The van der Waals surface area contributed by atoms with Gasteiger partial charge in [0.1, 0.15) is 0 Å². The molecule has 1 fully saturated rings. The van der Waals surface area contributed by atoms with Crippen LogP contribution in [0.25, 0.3) is 0 Å². The third-order valence-electron chi connectivity index (χ3n) is 2.14. The van der Waals surface area contributed by atoms with Gasteiger partial charge in [0.15, 0.2) is 6.10 Å². The maximum Gasteiger partial charge on any atom is 0.332 e. The lowest BCUT2D eigenvalue weighted by atomic mass is 10.2. The molecule has 4 heteroatoms. The highest BCUT2D eigenvalue weighted by Crippen LogP contribution is 2.19. The second kappa shape index (κ2) is 5.78. The zero-order chi connectivity index (χ0) is 10.4. The van der Waals surface area contributed by atoms with Gasteiger partial charge in [-0.1, -0.05) is 12.2 Å². The number of allylic oxidation sites excluding steroid dienone is 1. The SMILES string of the molecule is CC=CCOCC1CCC(C(=O)O)O1. The smallest absolute Gasteiger partial charge is 0.332 e. The quantitative estimate of drug-likeness (QED) is 0.535. The highest BCUT2D eigenvalue weighted by Gasteiger charge is 2.30. The van der Waals surface area contributed by atoms with Gasteiger partial charge in [0, 0.05) is 0 Å². The summed E-state index contributed by atoms with van der Waals surface area (Å²) in [6.45, 7) is 2.97. The predicted molar refractivity (Wildman–Crippen MR) is 51.2 cm³/mol. The minimum Gasteiger partial charge on any atom is -0.479 e. The Morgan fingerprint density at radius 3 is 3.00 bits per heavy atom. The van der Waals surface area contributed by atoms with E-state index >= 15 is 0 Å². The monoisotopic (exact) mass is 200 g/mol. The molecule has 0 aromatic carbocycles. The third-order valence-corrected chi connectivity index (χ3v) is 2.14. The Hall–Kier alpha value is -0.870. The predicted octanol–water partition coefficient (Wildman–Crippen LogP) is 1.21. The summed E-state index contributed by atoms with van der Waals surface area (Å²) in [6.07, 6.45) is 4.49. The molecule has 1 N–H and O–H groups in total. The van der Waals surface area contributed by atoms with Gasteiger partial charge in [-0.25, -0.2) is 4.79 Å². The standard InChI is InChI=1S/C10H16O4/c1-2-3-6-13-7-8-4-5-9(14-8)10(11)12/h2-3,8-9H,4-7H2,1H3,(H,11,12). The second-order valence-corrected chi connectivity index (χ2v) is 3.27. The molecule has 0 amide bonds. The van der Waals surface area contributed by atoms with Crippen LogP contribution in [-0.4, -0.2) is 36.5 Å². The van der Waals surface area contributed by atoms with Gasteiger partial charge in [-0.2, -0.15) is 0 Å². The van der Waals surface area contributed by atoms with Crippen molar-refractivity contribution in [3.8, 4) is 0 Å². The molecule has 1 aliphatic rings. The molecule has 2 atom stereocenters. The summed E-state index contributed by atoms with van der Waals surface area (Å²) in [7, 11) is 0. The fourth-order valence-electron chi connectivity index (χ4n) is 1.37. The minimum atomic E-state index is -0.874. The zero-order valence-corrected chi connectivity index (χ0v) is 8.31. The Kier molecular flexibility index (Phi) is 4.62. The van der Waals surface area contributed by atoms with E-state index in [9.17, 15) is 4.79 Å². The van der Waals surface area contributed by atoms with Crippen molar-refractivity contribution in [2.24, 2.45) is 0 Å². The van der Waals surface area contributed by atoms with Gasteiger partial charge in [-0.3, -0.25) is 0 Å². The number of carboxylic acid groups (broad SMARTS) is 1. The van der Waals surface area contributed by atoms with Crippen molar-refractivity contribution in [2.75, 3.05) is 13.2 Å². The summed E-state index contributed by atoms with van der Waals surface area (Å²) >= 11 is 0.